The fraction of sp³-hybridized carbons (Fsp3) is 0.625. The first-order valence-electron chi connectivity index (χ1n) is 8.48. The van der Waals surface area contributed by atoms with Crippen molar-refractivity contribution in [1.29, 1.82) is 0 Å². The van der Waals surface area contributed by atoms with Crippen molar-refractivity contribution in [2.75, 3.05) is 6.54 Å². The summed E-state index contributed by atoms with van der Waals surface area (Å²) in [6, 6.07) is 0. The monoisotopic (exact) mass is 366 g/mol. The highest BCUT2D eigenvalue weighted by Gasteiger charge is 2.27. The average molecular weight is 367 g/mol. The predicted molar refractivity (Wildman–Crippen MR) is 93.6 cm³/mol. The maximum absolute atomic E-state index is 12.4. The Kier molecular flexibility index (Phi) is 4.99. The Labute approximate surface area is 150 Å². The molecular weight excluding hydrogens is 344 g/mol. The van der Waals surface area contributed by atoms with Gasteiger partial charge in [-0.15, -0.1) is 0 Å². The van der Waals surface area contributed by atoms with E-state index < -0.39 is 0 Å². The van der Waals surface area contributed by atoms with Crippen molar-refractivity contribution in [2.45, 2.75) is 46.2 Å². The molecule has 3 rings (SSSR count). The van der Waals surface area contributed by atoms with Gasteiger partial charge in [-0.2, -0.15) is 10.2 Å². The first-order chi connectivity index (χ1) is 11.9. The summed E-state index contributed by atoms with van der Waals surface area (Å²) in [6.45, 7) is 5.50. The van der Waals surface area contributed by atoms with Gasteiger partial charge in [0.25, 0.3) is 0 Å². The number of aromatic nitrogens is 5. The zero-order valence-corrected chi connectivity index (χ0v) is 15.5. The molecule has 25 heavy (non-hydrogen) atoms. The molecule has 1 amide bonds. The van der Waals surface area contributed by atoms with Crippen LogP contribution in [0, 0.1) is 19.8 Å². The van der Waals surface area contributed by atoms with E-state index in [1.165, 1.54) is 4.68 Å². The van der Waals surface area contributed by atoms with Gasteiger partial charge in [0.2, 0.25) is 5.91 Å². The van der Waals surface area contributed by atoms with E-state index in [2.05, 4.69) is 15.5 Å². The molecular formula is C16H23ClN6O2. The van der Waals surface area contributed by atoms with Crippen LogP contribution in [-0.4, -0.2) is 36.6 Å². The first-order valence-corrected chi connectivity index (χ1v) is 8.86. The summed E-state index contributed by atoms with van der Waals surface area (Å²) in [7, 11) is 1.63. The molecule has 1 atom stereocenters. The van der Waals surface area contributed by atoms with E-state index in [-0.39, 0.29) is 17.5 Å². The standard InChI is InChI=1S/C16H23ClN6O2/c1-10-14(17)11(2)23(19-10)8-4-7-18-15(24)12-5-6-13-20-21(3)16(25)22(13)9-12/h12H,4-9H2,1-3H3,(H,18,24). The van der Waals surface area contributed by atoms with Crippen LogP contribution in [0.1, 0.15) is 30.1 Å². The van der Waals surface area contributed by atoms with Gasteiger partial charge in [-0.25, -0.2) is 9.48 Å². The highest BCUT2D eigenvalue weighted by Crippen LogP contribution is 2.19. The van der Waals surface area contributed by atoms with Gasteiger partial charge in [0.15, 0.2) is 0 Å². The van der Waals surface area contributed by atoms with Crippen LogP contribution in [0.25, 0.3) is 0 Å². The lowest BCUT2D eigenvalue weighted by Gasteiger charge is -2.21. The van der Waals surface area contributed by atoms with Crippen molar-refractivity contribution in [3.63, 3.8) is 0 Å². The molecule has 1 unspecified atom stereocenters. The SMILES string of the molecule is Cc1nn(CCCNC(=O)C2CCc3nn(C)c(=O)n3C2)c(C)c1Cl. The minimum Gasteiger partial charge on any atom is -0.356 e. The number of amides is 1. The Morgan fingerprint density at radius 2 is 2.12 bits per heavy atom. The molecule has 3 heterocycles. The van der Waals surface area contributed by atoms with Crippen LogP contribution in [-0.2, 0) is 31.4 Å². The summed E-state index contributed by atoms with van der Waals surface area (Å²) in [5, 5.41) is 12.2. The molecule has 0 spiro atoms. The normalized spacial score (nSPS) is 16.7. The van der Waals surface area contributed by atoms with Crippen LogP contribution in [0.5, 0.6) is 0 Å². The predicted octanol–water partition coefficient (Wildman–Crippen LogP) is 0.817. The van der Waals surface area contributed by atoms with E-state index in [0.717, 1.165) is 30.1 Å². The van der Waals surface area contributed by atoms with Crippen LogP contribution < -0.4 is 11.0 Å². The number of fused-ring (bicyclic) bond motifs is 1. The van der Waals surface area contributed by atoms with Crippen LogP contribution >= 0.6 is 11.6 Å². The second-order valence-electron chi connectivity index (χ2n) is 6.52. The van der Waals surface area contributed by atoms with Gasteiger partial charge in [0.05, 0.1) is 22.3 Å². The molecule has 0 saturated carbocycles. The summed E-state index contributed by atoms with van der Waals surface area (Å²) < 4.78 is 4.80. The lowest BCUT2D eigenvalue weighted by molar-refractivity contribution is -0.125. The lowest BCUT2D eigenvalue weighted by Crippen LogP contribution is -2.39. The van der Waals surface area contributed by atoms with E-state index in [9.17, 15) is 9.59 Å². The molecule has 1 N–H and O–H groups in total. The Balaban J connectivity index is 1.49. The molecule has 0 saturated heterocycles. The summed E-state index contributed by atoms with van der Waals surface area (Å²) in [5.74, 6) is 0.572. The zero-order valence-electron chi connectivity index (χ0n) is 14.8. The third-order valence-electron chi connectivity index (χ3n) is 4.71. The van der Waals surface area contributed by atoms with E-state index in [0.29, 0.717) is 31.1 Å². The highest BCUT2D eigenvalue weighted by atomic mass is 35.5. The smallest absolute Gasteiger partial charge is 0.345 e. The van der Waals surface area contributed by atoms with Crippen molar-refractivity contribution in [3.05, 3.63) is 32.7 Å². The van der Waals surface area contributed by atoms with E-state index in [4.69, 9.17) is 11.6 Å². The number of carbonyl (C=O) groups excluding carboxylic acids is 1. The molecule has 8 nitrogen and oxygen atoms in total. The maximum atomic E-state index is 12.4. The van der Waals surface area contributed by atoms with Gasteiger partial charge in [0.1, 0.15) is 5.82 Å². The van der Waals surface area contributed by atoms with Gasteiger partial charge in [0, 0.05) is 33.1 Å². The molecule has 1 aliphatic heterocycles. The molecule has 0 bridgehead atoms. The van der Waals surface area contributed by atoms with Crippen LogP contribution in [0.2, 0.25) is 5.02 Å². The second kappa shape index (κ2) is 7.03. The molecule has 136 valence electrons. The van der Waals surface area contributed by atoms with Gasteiger partial charge in [-0.1, -0.05) is 11.6 Å². The largest absolute Gasteiger partial charge is 0.356 e. The van der Waals surface area contributed by atoms with Crippen molar-refractivity contribution in [1.82, 2.24) is 29.4 Å². The summed E-state index contributed by atoms with van der Waals surface area (Å²) in [5.41, 5.74) is 1.61. The quantitative estimate of drug-likeness (QED) is 0.793. The molecule has 0 aliphatic carbocycles. The Hall–Kier alpha value is -2.09. The average Bonchev–Trinajstić information content (AvgIpc) is 3.02. The summed E-state index contributed by atoms with van der Waals surface area (Å²) in [4.78, 5) is 24.3. The minimum atomic E-state index is -0.183. The molecule has 2 aromatic heterocycles. The number of nitrogens with zero attached hydrogens (tertiary/aromatic N) is 5. The maximum Gasteiger partial charge on any atom is 0.345 e. The number of rotatable bonds is 5. The molecule has 2 aromatic rings. The molecule has 0 radical (unpaired) electrons. The topological polar surface area (TPSA) is 86.7 Å². The number of hydrogen-bond acceptors (Lipinski definition) is 4. The Bertz CT molecular complexity index is 850. The fourth-order valence-electron chi connectivity index (χ4n) is 3.23. The molecule has 0 aromatic carbocycles. The molecule has 0 fully saturated rings. The van der Waals surface area contributed by atoms with Gasteiger partial charge in [-0.3, -0.25) is 14.0 Å². The Morgan fingerprint density at radius 3 is 2.80 bits per heavy atom. The number of hydrogen-bond donors (Lipinski definition) is 1. The van der Waals surface area contributed by atoms with E-state index in [1.54, 1.807) is 11.6 Å². The van der Waals surface area contributed by atoms with Gasteiger partial charge >= 0.3 is 5.69 Å². The number of halogens is 1. The summed E-state index contributed by atoms with van der Waals surface area (Å²) in [6.07, 6.45) is 2.14. The van der Waals surface area contributed by atoms with Gasteiger partial charge in [-0.05, 0) is 26.7 Å². The number of aryl methyl sites for hydroxylation is 4. The van der Waals surface area contributed by atoms with E-state index >= 15 is 0 Å². The van der Waals surface area contributed by atoms with Crippen molar-refractivity contribution < 1.29 is 4.79 Å². The fourth-order valence-corrected chi connectivity index (χ4v) is 3.37. The minimum absolute atomic E-state index is 0.00666. The van der Waals surface area contributed by atoms with Gasteiger partial charge < -0.3 is 5.32 Å². The van der Waals surface area contributed by atoms with Crippen LogP contribution in [0.4, 0.5) is 0 Å². The Morgan fingerprint density at radius 1 is 1.36 bits per heavy atom. The number of carbonyl (C=O) groups is 1. The summed E-state index contributed by atoms with van der Waals surface area (Å²) >= 11 is 6.13. The van der Waals surface area contributed by atoms with E-state index in [1.807, 2.05) is 18.5 Å². The first kappa shape index (κ1) is 17.7. The zero-order chi connectivity index (χ0) is 18.1. The van der Waals surface area contributed by atoms with Crippen molar-refractivity contribution in [3.8, 4) is 0 Å². The number of nitrogens with one attached hydrogen (secondary N) is 1. The van der Waals surface area contributed by atoms with Crippen molar-refractivity contribution >= 4 is 17.5 Å². The van der Waals surface area contributed by atoms with Crippen LogP contribution in [0.15, 0.2) is 4.79 Å². The highest BCUT2D eigenvalue weighted by molar-refractivity contribution is 6.31. The lowest BCUT2D eigenvalue weighted by atomic mass is 9.98. The third kappa shape index (κ3) is 3.49. The molecule has 9 heteroatoms. The van der Waals surface area contributed by atoms with Crippen LogP contribution in [0.3, 0.4) is 0 Å². The molecule has 1 aliphatic rings. The van der Waals surface area contributed by atoms with Crippen molar-refractivity contribution in [2.24, 2.45) is 13.0 Å². The third-order valence-corrected chi connectivity index (χ3v) is 5.26. The second-order valence-corrected chi connectivity index (χ2v) is 6.90.